The summed E-state index contributed by atoms with van der Waals surface area (Å²) >= 11 is 0. The minimum atomic E-state index is -0.354. The normalized spacial score (nSPS) is 17.2. The summed E-state index contributed by atoms with van der Waals surface area (Å²) in [6.45, 7) is 8.74. The standard InChI is InChI=1S/C20H26N4O/c1-15-13-18(23-22-16(15)2)21-19(25)20(3)9-11-24(12-10-20)14-17-7-5-4-6-8-17/h4-8,13H,9-12,14H2,1-3H3,(H,21,23,25). The van der Waals surface area contributed by atoms with Crippen molar-refractivity contribution in [3.63, 3.8) is 0 Å². The summed E-state index contributed by atoms with van der Waals surface area (Å²) in [5.41, 5.74) is 2.89. The van der Waals surface area contributed by atoms with Gasteiger partial charge in [0.1, 0.15) is 0 Å². The van der Waals surface area contributed by atoms with E-state index in [4.69, 9.17) is 0 Å². The van der Waals surface area contributed by atoms with E-state index >= 15 is 0 Å². The van der Waals surface area contributed by atoms with E-state index < -0.39 is 0 Å². The maximum atomic E-state index is 12.8. The molecule has 1 aliphatic heterocycles. The average molecular weight is 338 g/mol. The van der Waals surface area contributed by atoms with Crippen LogP contribution in [0.5, 0.6) is 0 Å². The molecule has 0 unspecified atom stereocenters. The van der Waals surface area contributed by atoms with Crippen LogP contribution < -0.4 is 5.32 Å². The van der Waals surface area contributed by atoms with Gasteiger partial charge in [-0.15, -0.1) is 5.10 Å². The lowest BCUT2D eigenvalue weighted by Crippen LogP contribution is -2.44. The average Bonchev–Trinajstić information content (AvgIpc) is 2.61. The Morgan fingerprint density at radius 1 is 1.16 bits per heavy atom. The smallest absolute Gasteiger partial charge is 0.231 e. The Hall–Kier alpha value is -2.27. The summed E-state index contributed by atoms with van der Waals surface area (Å²) in [5.74, 6) is 0.588. The molecule has 5 nitrogen and oxygen atoms in total. The third-order valence-electron chi connectivity index (χ3n) is 5.23. The van der Waals surface area contributed by atoms with Gasteiger partial charge in [-0.3, -0.25) is 9.69 Å². The van der Waals surface area contributed by atoms with Crippen molar-refractivity contribution < 1.29 is 4.79 Å². The van der Waals surface area contributed by atoms with Gasteiger partial charge in [-0.2, -0.15) is 5.10 Å². The minimum absolute atomic E-state index is 0.0458. The van der Waals surface area contributed by atoms with Crippen molar-refractivity contribution in [1.82, 2.24) is 15.1 Å². The highest BCUT2D eigenvalue weighted by Crippen LogP contribution is 2.32. The summed E-state index contributed by atoms with van der Waals surface area (Å²) in [6, 6.07) is 12.4. The molecular formula is C20H26N4O. The lowest BCUT2D eigenvalue weighted by Gasteiger charge is -2.38. The number of benzene rings is 1. The van der Waals surface area contributed by atoms with E-state index in [9.17, 15) is 4.79 Å². The zero-order valence-electron chi connectivity index (χ0n) is 15.2. The number of nitrogens with zero attached hydrogens (tertiary/aromatic N) is 3. The second-order valence-electron chi connectivity index (χ2n) is 7.27. The quantitative estimate of drug-likeness (QED) is 0.929. The number of aryl methyl sites for hydroxylation is 2. The van der Waals surface area contributed by atoms with Gasteiger partial charge in [0.2, 0.25) is 5.91 Å². The monoisotopic (exact) mass is 338 g/mol. The predicted octanol–water partition coefficient (Wildman–Crippen LogP) is 3.33. The Labute approximate surface area is 149 Å². The van der Waals surface area contributed by atoms with E-state index in [1.54, 1.807) is 0 Å². The van der Waals surface area contributed by atoms with Crippen LogP contribution in [0.3, 0.4) is 0 Å². The van der Waals surface area contributed by atoms with Crippen LogP contribution in [0.15, 0.2) is 36.4 Å². The van der Waals surface area contributed by atoms with Crippen molar-refractivity contribution in [1.29, 1.82) is 0 Å². The van der Waals surface area contributed by atoms with Crippen LogP contribution in [0.1, 0.15) is 36.6 Å². The number of carbonyl (C=O) groups excluding carboxylic acids is 1. The third-order valence-corrected chi connectivity index (χ3v) is 5.23. The summed E-state index contributed by atoms with van der Waals surface area (Å²) in [7, 11) is 0. The van der Waals surface area contributed by atoms with E-state index in [0.29, 0.717) is 5.82 Å². The molecular weight excluding hydrogens is 312 g/mol. The van der Waals surface area contributed by atoms with Crippen molar-refractivity contribution >= 4 is 11.7 Å². The topological polar surface area (TPSA) is 58.1 Å². The molecule has 2 heterocycles. The molecule has 1 aromatic carbocycles. The molecule has 0 saturated carbocycles. The molecule has 132 valence electrons. The first-order valence-electron chi connectivity index (χ1n) is 8.85. The summed E-state index contributed by atoms with van der Waals surface area (Å²) in [5, 5.41) is 11.1. The molecule has 0 radical (unpaired) electrons. The SMILES string of the molecule is Cc1cc(NC(=O)C2(C)CCN(Cc3ccccc3)CC2)nnc1C. The van der Waals surface area contributed by atoms with Crippen molar-refractivity contribution in [3.8, 4) is 0 Å². The Balaban J connectivity index is 1.57. The fourth-order valence-corrected chi connectivity index (χ4v) is 3.15. The Morgan fingerprint density at radius 2 is 1.84 bits per heavy atom. The number of hydrogen-bond donors (Lipinski definition) is 1. The number of anilines is 1. The Kier molecular flexibility index (Phi) is 5.13. The molecule has 1 aliphatic rings. The van der Waals surface area contributed by atoms with Crippen LogP contribution in [0.25, 0.3) is 0 Å². The third kappa shape index (κ3) is 4.23. The van der Waals surface area contributed by atoms with Gasteiger partial charge < -0.3 is 5.32 Å². The van der Waals surface area contributed by atoms with E-state index in [2.05, 4.69) is 51.6 Å². The number of aromatic nitrogens is 2. The summed E-state index contributed by atoms with van der Waals surface area (Å²) in [6.07, 6.45) is 1.70. The van der Waals surface area contributed by atoms with Gasteiger partial charge in [-0.25, -0.2) is 0 Å². The van der Waals surface area contributed by atoms with Crippen molar-refractivity contribution in [2.45, 2.75) is 40.2 Å². The number of carbonyl (C=O) groups is 1. The number of piperidine rings is 1. The molecule has 2 aromatic rings. The van der Waals surface area contributed by atoms with Crippen LogP contribution in [-0.4, -0.2) is 34.1 Å². The molecule has 1 fully saturated rings. The highest BCUT2D eigenvalue weighted by molar-refractivity contribution is 5.94. The molecule has 5 heteroatoms. The molecule has 1 N–H and O–H groups in total. The first-order valence-corrected chi connectivity index (χ1v) is 8.85. The van der Waals surface area contributed by atoms with Gasteiger partial charge in [0.15, 0.2) is 5.82 Å². The zero-order valence-corrected chi connectivity index (χ0v) is 15.2. The van der Waals surface area contributed by atoms with Crippen molar-refractivity contribution in [2.75, 3.05) is 18.4 Å². The lowest BCUT2D eigenvalue weighted by atomic mass is 9.79. The van der Waals surface area contributed by atoms with E-state index in [1.807, 2.05) is 26.0 Å². The largest absolute Gasteiger partial charge is 0.309 e. The van der Waals surface area contributed by atoms with Crippen LogP contribution in [0, 0.1) is 19.3 Å². The first kappa shape index (κ1) is 17.5. The second kappa shape index (κ2) is 7.31. The van der Waals surface area contributed by atoms with Crippen LogP contribution in [0.4, 0.5) is 5.82 Å². The molecule has 0 aliphatic carbocycles. The maximum Gasteiger partial charge on any atom is 0.231 e. The number of likely N-dealkylation sites (tertiary alicyclic amines) is 1. The molecule has 0 spiro atoms. The Bertz CT molecular complexity index is 737. The van der Waals surface area contributed by atoms with Crippen LogP contribution in [-0.2, 0) is 11.3 Å². The predicted molar refractivity (Wildman–Crippen MR) is 99.2 cm³/mol. The first-order chi connectivity index (χ1) is 12.0. The van der Waals surface area contributed by atoms with Crippen LogP contribution in [0.2, 0.25) is 0 Å². The van der Waals surface area contributed by atoms with Gasteiger partial charge in [-0.1, -0.05) is 37.3 Å². The van der Waals surface area contributed by atoms with Crippen molar-refractivity contribution in [3.05, 3.63) is 53.2 Å². The van der Waals surface area contributed by atoms with E-state index in [-0.39, 0.29) is 11.3 Å². The second-order valence-corrected chi connectivity index (χ2v) is 7.27. The maximum absolute atomic E-state index is 12.8. The number of amides is 1. The molecule has 1 aromatic heterocycles. The molecule has 25 heavy (non-hydrogen) atoms. The lowest BCUT2D eigenvalue weighted by molar-refractivity contribution is -0.127. The van der Waals surface area contributed by atoms with Gasteiger partial charge >= 0.3 is 0 Å². The van der Waals surface area contributed by atoms with Gasteiger partial charge in [-0.05, 0) is 57.0 Å². The zero-order chi connectivity index (χ0) is 17.9. The number of hydrogen-bond acceptors (Lipinski definition) is 4. The van der Waals surface area contributed by atoms with Gasteiger partial charge in [0.25, 0.3) is 0 Å². The molecule has 0 atom stereocenters. The molecule has 0 bridgehead atoms. The van der Waals surface area contributed by atoms with E-state index in [1.165, 1.54) is 5.56 Å². The van der Waals surface area contributed by atoms with Crippen molar-refractivity contribution in [2.24, 2.45) is 5.41 Å². The minimum Gasteiger partial charge on any atom is -0.309 e. The van der Waals surface area contributed by atoms with Gasteiger partial charge in [0, 0.05) is 12.0 Å². The molecule has 3 rings (SSSR count). The Morgan fingerprint density at radius 3 is 2.48 bits per heavy atom. The highest BCUT2D eigenvalue weighted by atomic mass is 16.2. The summed E-state index contributed by atoms with van der Waals surface area (Å²) in [4.78, 5) is 15.2. The van der Waals surface area contributed by atoms with E-state index in [0.717, 1.165) is 43.7 Å². The highest BCUT2D eigenvalue weighted by Gasteiger charge is 2.37. The van der Waals surface area contributed by atoms with Gasteiger partial charge in [0.05, 0.1) is 5.69 Å². The van der Waals surface area contributed by atoms with Crippen LogP contribution >= 0.6 is 0 Å². The fraction of sp³-hybridized carbons (Fsp3) is 0.450. The fourth-order valence-electron chi connectivity index (χ4n) is 3.15. The summed E-state index contributed by atoms with van der Waals surface area (Å²) < 4.78 is 0. The molecule has 1 amide bonds. The number of nitrogens with one attached hydrogen (secondary N) is 1. The molecule has 1 saturated heterocycles. The number of rotatable bonds is 4.